The number of halogens is 1. The van der Waals surface area contributed by atoms with Gasteiger partial charge in [0.25, 0.3) is 0 Å². The van der Waals surface area contributed by atoms with Crippen LogP contribution in [-0.2, 0) is 10.0 Å². The van der Waals surface area contributed by atoms with Gasteiger partial charge in [-0.2, -0.15) is 0 Å². The zero-order valence-electron chi connectivity index (χ0n) is 13.1. The van der Waals surface area contributed by atoms with Gasteiger partial charge in [-0.3, -0.25) is 0 Å². The van der Waals surface area contributed by atoms with Crippen molar-refractivity contribution < 1.29 is 8.42 Å². The molecule has 1 heterocycles. The van der Waals surface area contributed by atoms with E-state index in [0.29, 0.717) is 23.4 Å². The Bertz CT molecular complexity index is 588. The van der Waals surface area contributed by atoms with Crippen LogP contribution >= 0.6 is 15.9 Å². The highest BCUT2D eigenvalue weighted by Crippen LogP contribution is 2.23. The lowest BCUT2D eigenvalue weighted by Gasteiger charge is -2.32. The number of hydrogen-bond acceptors (Lipinski definition) is 5. The summed E-state index contributed by atoms with van der Waals surface area (Å²) in [4.78, 5) is 6.24. The van der Waals surface area contributed by atoms with Crippen LogP contribution in [0.4, 0.5) is 5.82 Å². The van der Waals surface area contributed by atoms with Gasteiger partial charge in [0.05, 0.1) is 0 Å². The standard InChI is InChI=1S/C13H23BrN4O2S/c1-6-15-12-11(7-10(14)8-16-12)21(19,20)17-9-13(2,3)18(4)5/h7-8,17H,6,9H2,1-5H3,(H,15,16). The Labute approximate surface area is 135 Å². The highest BCUT2D eigenvalue weighted by molar-refractivity contribution is 9.10. The molecule has 1 aromatic heterocycles. The Balaban J connectivity index is 3.05. The minimum Gasteiger partial charge on any atom is -0.369 e. The van der Waals surface area contributed by atoms with Gasteiger partial charge in [-0.1, -0.05) is 0 Å². The summed E-state index contributed by atoms with van der Waals surface area (Å²) in [5, 5.41) is 2.97. The van der Waals surface area contributed by atoms with Gasteiger partial charge < -0.3 is 10.2 Å². The number of pyridine rings is 1. The third-order valence-electron chi connectivity index (χ3n) is 3.36. The molecule has 1 aromatic rings. The summed E-state index contributed by atoms with van der Waals surface area (Å²) < 4.78 is 28.3. The Hall–Kier alpha value is -0.700. The minimum atomic E-state index is -3.63. The highest BCUT2D eigenvalue weighted by Gasteiger charge is 2.26. The molecule has 0 radical (unpaired) electrons. The molecule has 21 heavy (non-hydrogen) atoms. The molecule has 1 rings (SSSR count). The maximum atomic E-state index is 12.5. The van der Waals surface area contributed by atoms with Crippen molar-refractivity contribution in [2.45, 2.75) is 31.2 Å². The number of hydrogen-bond donors (Lipinski definition) is 2. The molecule has 0 aliphatic rings. The summed E-state index contributed by atoms with van der Waals surface area (Å²) in [5.41, 5.74) is -0.287. The van der Waals surface area contributed by atoms with E-state index >= 15 is 0 Å². The summed E-state index contributed by atoms with van der Waals surface area (Å²) in [5.74, 6) is 0.357. The van der Waals surface area contributed by atoms with Gasteiger partial charge >= 0.3 is 0 Å². The van der Waals surface area contributed by atoms with E-state index in [0.717, 1.165) is 0 Å². The molecule has 0 saturated carbocycles. The quantitative estimate of drug-likeness (QED) is 0.757. The van der Waals surface area contributed by atoms with Crippen LogP contribution in [0.25, 0.3) is 0 Å². The molecule has 8 heteroatoms. The van der Waals surface area contributed by atoms with E-state index in [9.17, 15) is 8.42 Å². The fraction of sp³-hybridized carbons (Fsp3) is 0.615. The van der Waals surface area contributed by atoms with E-state index in [2.05, 4.69) is 31.0 Å². The first-order chi connectivity index (χ1) is 9.60. The number of nitrogens with zero attached hydrogens (tertiary/aromatic N) is 2. The Morgan fingerprint density at radius 3 is 2.52 bits per heavy atom. The summed E-state index contributed by atoms with van der Waals surface area (Å²) in [7, 11) is 0.197. The zero-order chi connectivity index (χ0) is 16.3. The van der Waals surface area contributed by atoms with Crippen LogP contribution < -0.4 is 10.0 Å². The van der Waals surface area contributed by atoms with Crippen LogP contribution in [0.15, 0.2) is 21.6 Å². The summed E-state index contributed by atoms with van der Waals surface area (Å²) in [6, 6.07) is 1.55. The van der Waals surface area contributed by atoms with Crippen molar-refractivity contribution in [3.63, 3.8) is 0 Å². The molecule has 2 N–H and O–H groups in total. The summed E-state index contributed by atoms with van der Waals surface area (Å²) >= 11 is 3.26. The van der Waals surface area contributed by atoms with E-state index in [-0.39, 0.29) is 10.4 Å². The number of aromatic nitrogens is 1. The first-order valence-electron chi connectivity index (χ1n) is 6.66. The van der Waals surface area contributed by atoms with E-state index in [1.807, 2.05) is 39.8 Å². The highest BCUT2D eigenvalue weighted by atomic mass is 79.9. The van der Waals surface area contributed by atoms with E-state index < -0.39 is 10.0 Å². The van der Waals surface area contributed by atoms with Crippen LogP contribution in [0, 0.1) is 0 Å². The number of nitrogens with one attached hydrogen (secondary N) is 2. The fourth-order valence-corrected chi connectivity index (χ4v) is 3.28. The van der Waals surface area contributed by atoms with Crippen molar-refractivity contribution in [2.24, 2.45) is 0 Å². The van der Waals surface area contributed by atoms with Crippen LogP contribution in [0.2, 0.25) is 0 Å². The average Bonchev–Trinajstić information content (AvgIpc) is 2.39. The molecule has 0 amide bonds. The largest absolute Gasteiger partial charge is 0.369 e. The molecule has 0 aliphatic carbocycles. The second kappa shape index (κ2) is 7.04. The fourth-order valence-electron chi connectivity index (χ4n) is 1.43. The first-order valence-corrected chi connectivity index (χ1v) is 8.94. The molecule has 0 aromatic carbocycles. The Morgan fingerprint density at radius 2 is 2.00 bits per heavy atom. The number of rotatable bonds is 7. The van der Waals surface area contributed by atoms with Crippen molar-refractivity contribution in [1.82, 2.24) is 14.6 Å². The molecule has 6 nitrogen and oxygen atoms in total. The topological polar surface area (TPSA) is 74.3 Å². The molecule has 0 aliphatic heterocycles. The van der Waals surface area contributed by atoms with Crippen molar-refractivity contribution >= 4 is 31.8 Å². The molecule has 0 bridgehead atoms. The normalized spacial score (nSPS) is 12.7. The second-order valence-corrected chi connectivity index (χ2v) is 8.21. The molecule has 0 fully saturated rings. The van der Waals surface area contributed by atoms with E-state index in [4.69, 9.17) is 0 Å². The lowest BCUT2D eigenvalue weighted by Crippen LogP contribution is -2.48. The van der Waals surface area contributed by atoms with Gasteiger partial charge in [-0.25, -0.2) is 18.1 Å². The van der Waals surface area contributed by atoms with Crippen molar-refractivity contribution in [3.05, 3.63) is 16.7 Å². The maximum absolute atomic E-state index is 12.5. The van der Waals surface area contributed by atoms with Gasteiger partial charge in [-0.05, 0) is 56.9 Å². The smallest absolute Gasteiger partial charge is 0.244 e. The predicted molar refractivity (Wildman–Crippen MR) is 89.1 cm³/mol. The monoisotopic (exact) mass is 378 g/mol. The molecule has 0 spiro atoms. The van der Waals surface area contributed by atoms with Gasteiger partial charge in [0.1, 0.15) is 10.7 Å². The molecule has 120 valence electrons. The van der Waals surface area contributed by atoms with Crippen LogP contribution in [0.5, 0.6) is 0 Å². The Kier molecular flexibility index (Phi) is 6.15. The van der Waals surface area contributed by atoms with Crippen molar-refractivity contribution in [2.75, 3.05) is 32.5 Å². The minimum absolute atomic E-state index is 0.147. The third kappa shape index (κ3) is 4.91. The molecule has 0 atom stereocenters. The SMILES string of the molecule is CCNc1ncc(Br)cc1S(=O)(=O)NCC(C)(C)N(C)C. The van der Waals surface area contributed by atoms with Crippen LogP contribution in [-0.4, -0.2) is 51.0 Å². The summed E-state index contributed by atoms with van der Waals surface area (Å²) in [6.45, 7) is 6.74. The maximum Gasteiger partial charge on any atom is 0.244 e. The second-order valence-electron chi connectivity index (χ2n) is 5.56. The van der Waals surface area contributed by atoms with Gasteiger partial charge in [-0.15, -0.1) is 0 Å². The van der Waals surface area contributed by atoms with Crippen LogP contribution in [0.3, 0.4) is 0 Å². The lowest BCUT2D eigenvalue weighted by molar-refractivity contribution is 0.199. The third-order valence-corrected chi connectivity index (χ3v) is 5.21. The number of anilines is 1. The predicted octanol–water partition coefficient (Wildman–Crippen LogP) is 1.89. The number of likely N-dealkylation sites (N-methyl/N-ethyl adjacent to an activating group) is 1. The van der Waals surface area contributed by atoms with Crippen molar-refractivity contribution in [1.29, 1.82) is 0 Å². The van der Waals surface area contributed by atoms with Gasteiger partial charge in [0, 0.05) is 29.3 Å². The zero-order valence-corrected chi connectivity index (χ0v) is 15.5. The molecular formula is C13H23BrN4O2S. The summed E-state index contributed by atoms with van der Waals surface area (Å²) in [6.07, 6.45) is 1.57. The average molecular weight is 379 g/mol. The Morgan fingerprint density at radius 1 is 1.38 bits per heavy atom. The van der Waals surface area contributed by atoms with Crippen molar-refractivity contribution in [3.8, 4) is 0 Å². The van der Waals surface area contributed by atoms with E-state index in [1.165, 1.54) is 0 Å². The van der Waals surface area contributed by atoms with Gasteiger partial charge in [0.15, 0.2) is 0 Å². The van der Waals surface area contributed by atoms with Gasteiger partial charge in [0.2, 0.25) is 10.0 Å². The molecular weight excluding hydrogens is 356 g/mol. The first kappa shape index (κ1) is 18.3. The molecule has 0 unspecified atom stereocenters. The van der Waals surface area contributed by atoms with E-state index in [1.54, 1.807) is 12.3 Å². The lowest BCUT2D eigenvalue weighted by atomic mass is 10.1. The molecule has 0 saturated heterocycles. The van der Waals surface area contributed by atoms with Crippen LogP contribution in [0.1, 0.15) is 20.8 Å². The number of sulfonamides is 1.